The van der Waals surface area contributed by atoms with Crippen molar-refractivity contribution in [3.8, 4) is 10.7 Å². The van der Waals surface area contributed by atoms with Crippen LogP contribution in [0.1, 0.15) is 18.9 Å². The lowest BCUT2D eigenvalue weighted by Crippen LogP contribution is -2.12. The highest BCUT2D eigenvalue weighted by Crippen LogP contribution is 2.22. The van der Waals surface area contributed by atoms with Crippen LogP contribution in [0.15, 0.2) is 22.0 Å². The molecule has 74 valence electrons. The van der Waals surface area contributed by atoms with Gasteiger partial charge in [-0.3, -0.25) is 0 Å². The summed E-state index contributed by atoms with van der Waals surface area (Å²) in [7, 11) is 1.86. The summed E-state index contributed by atoms with van der Waals surface area (Å²) < 4.78 is 5.12. The lowest BCUT2D eigenvalue weighted by molar-refractivity contribution is 0.347. The zero-order valence-corrected chi connectivity index (χ0v) is 8.84. The summed E-state index contributed by atoms with van der Waals surface area (Å²) in [6.07, 6.45) is 0. The minimum Gasteiger partial charge on any atom is -0.337 e. The molecule has 0 fully saturated rings. The van der Waals surface area contributed by atoms with Crippen molar-refractivity contribution in [2.75, 3.05) is 7.05 Å². The zero-order valence-electron chi connectivity index (χ0n) is 8.02. The molecule has 1 N–H and O–H groups in total. The number of aromatic nitrogens is 2. The van der Waals surface area contributed by atoms with Crippen molar-refractivity contribution >= 4 is 11.3 Å². The molecular weight excluding hydrogens is 198 g/mol. The molecule has 2 heterocycles. The highest BCUT2D eigenvalue weighted by Gasteiger charge is 2.13. The summed E-state index contributed by atoms with van der Waals surface area (Å²) in [5.41, 5.74) is 0. The van der Waals surface area contributed by atoms with Gasteiger partial charge in [-0.2, -0.15) is 4.98 Å². The van der Waals surface area contributed by atoms with Crippen molar-refractivity contribution in [2.45, 2.75) is 13.0 Å². The Hall–Kier alpha value is -1.20. The molecule has 0 aliphatic rings. The quantitative estimate of drug-likeness (QED) is 0.840. The lowest BCUT2D eigenvalue weighted by Gasteiger charge is -2.01. The van der Waals surface area contributed by atoms with Gasteiger partial charge in [-0.05, 0) is 25.4 Å². The molecule has 0 radical (unpaired) electrons. The normalized spacial score (nSPS) is 13.0. The van der Waals surface area contributed by atoms with Crippen LogP contribution in [-0.2, 0) is 0 Å². The van der Waals surface area contributed by atoms with E-state index in [4.69, 9.17) is 4.52 Å². The van der Waals surface area contributed by atoms with E-state index < -0.39 is 0 Å². The third-order valence-electron chi connectivity index (χ3n) is 1.99. The number of nitrogens with one attached hydrogen (secondary N) is 1. The van der Waals surface area contributed by atoms with E-state index in [1.165, 1.54) is 0 Å². The first kappa shape index (κ1) is 9.36. The van der Waals surface area contributed by atoms with Gasteiger partial charge in [0.15, 0.2) is 0 Å². The molecule has 1 atom stereocenters. The number of hydrogen-bond donors (Lipinski definition) is 1. The summed E-state index contributed by atoms with van der Waals surface area (Å²) >= 11 is 1.60. The van der Waals surface area contributed by atoms with Crippen LogP contribution in [0.2, 0.25) is 0 Å². The fourth-order valence-electron chi connectivity index (χ4n) is 1.04. The van der Waals surface area contributed by atoms with Crippen molar-refractivity contribution < 1.29 is 4.52 Å². The first-order chi connectivity index (χ1) is 6.81. The SMILES string of the molecule is CN[C@@H](C)c1nc(-c2cccs2)no1. The Morgan fingerprint density at radius 2 is 2.43 bits per heavy atom. The number of thiophene rings is 1. The summed E-state index contributed by atoms with van der Waals surface area (Å²) in [5, 5.41) is 8.95. The summed E-state index contributed by atoms with van der Waals surface area (Å²) in [4.78, 5) is 5.32. The van der Waals surface area contributed by atoms with E-state index in [9.17, 15) is 0 Å². The molecule has 2 rings (SSSR count). The fraction of sp³-hybridized carbons (Fsp3) is 0.333. The van der Waals surface area contributed by atoms with Crippen LogP contribution in [0.4, 0.5) is 0 Å². The van der Waals surface area contributed by atoms with E-state index in [2.05, 4.69) is 15.5 Å². The molecule has 5 heteroatoms. The maximum Gasteiger partial charge on any atom is 0.243 e. The summed E-state index contributed by atoms with van der Waals surface area (Å²) in [6.45, 7) is 1.98. The van der Waals surface area contributed by atoms with Gasteiger partial charge in [0, 0.05) is 0 Å². The predicted octanol–water partition coefficient (Wildman–Crippen LogP) is 2.08. The predicted molar refractivity (Wildman–Crippen MR) is 55.1 cm³/mol. The van der Waals surface area contributed by atoms with Crippen LogP contribution in [-0.4, -0.2) is 17.2 Å². The Kier molecular flexibility index (Phi) is 2.60. The molecule has 0 saturated heterocycles. The first-order valence-electron chi connectivity index (χ1n) is 4.36. The topological polar surface area (TPSA) is 51.0 Å². The second kappa shape index (κ2) is 3.89. The van der Waals surface area contributed by atoms with Crippen molar-refractivity contribution in [1.29, 1.82) is 0 Å². The molecule has 0 amide bonds. The highest BCUT2D eigenvalue weighted by atomic mass is 32.1. The van der Waals surface area contributed by atoms with Gasteiger partial charge in [0.2, 0.25) is 11.7 Å². The van der Waals surface area contributed by atoms with E-state index in [-0.39, 0.29) is 6.04 Å². The van der Waals surface area contributed by atoms with E-state index in [0.717, 1.165) is 4.88 Å². The van der Waals surface area contributed by atoms with Gasteiger partial charge < -0.3 is 9.84 Å². The third-order valence-corrected chi connectivity index (χ3v) is 2.85. The first-order valence-corrected chi connectivity index (χ1v) is 5.24. The molecule has 0 aromatic carbocycles. The molecule has 0 unspecified atom stereocenters. The standard InChI is InChI=1S/C9H11N3OS/c1-6(10-2)9-11-8(12-13-9)7-4-3-5-14-7/h3-6,10H,1-2H3/t6-/m0/s1. The smallest absolute Gasteiger partial charge is 0.243 e. The zero-order chi connectivity index (χ0) is 9.97. The number of rotatable bonds is 3. The molecule has 0 bridgehead atoms. The Morgan fingerprint density at radius 1 is 1.57 bits per heavy atom. The Balaban J connectivity index is 2.26. The minimum absolute atomic E-state index is 0.0937. The van der Waals surface area contributed by atoms with Crippen molar-refractivity contribution in [2.24, 2.45) is 0 Å². The van der Waals surface area contributed by atoms with E-state index >= 15 is 0 Å². The van der Waals surface area contributed by atoms with E-state index in [0.29, 0.717) is 11.7 Å². The van der Waals surface area contributed by atoms with Crippen LogP contribution in [0.25, 0.3) is 10.7 Å². The maximum absolute atomic E-state index is 5.12. The van der Waals surface area contributed by atoms with Crippen LogP contribution in [0, 0.1) is 0 Å². The van der Waals surface area contributed by atoms with E-state index in [1.807, 2.05) is 31.5 Å². The van der Waals surface area contributed by atoms with Crippen LogP contribution < -0.4 is 5.32 Å². The van der Waals surface area contributed by atoms with Gasteiger partial charge in [0.1, 0.15) is 0 Å². The van der Waals surface area contributed by atoms with Gasteiger partial charge in [-0.1, -0.05) is 11.2 Å². The molecule has 2 aromatic rings. The molecule has 4 nitrogen and oxygen atoms in total. The van der Waals surface area contributed by atoms with Gasteiger partial charge in [0.25, 0.3) is 0 Å². The fourth-order valence-corrected chi connectivity index (χ4v) is 1.69. The molecule has 14 heavy (non-hydrogen) atoms. The second-order valence-electron chi connectivity index (χ2n) is 2.94. The largest absolute Gasteiger partial charge is 0.337 e. The van der Waals surface area contributed by atoms with Crippen LogP contribution in [0.5, 0.6) is 0 Å². The van der Waals surface area contributed by atoms with E-state index in [1.54, 1.807) is 11.3 Å². The van der Waals surface area contributed by atoms with Crippen LogP contribution in [0.3, 0.4) is 0 Å². The average molecular weight is 209 g/mol. The van der Waals surface area contributed by atoms with Gasteiger partial charge in [-0.25, -0.2) is 0 Å². The average Bonchev–Trinajstić information content (AvgIpc) is 2.86. The summed E-state index contributed by atoms with van der Waals surface area (Å²) in [6, 6.07) is 4.04. The number of hydrogen-bond acceptors (Lipinski definition) is 5. The Labute approximate surface area is 86.0 Å². The van der Waals surface area contributed by atoms with Crippen LogP contribution >= 0.6 is 11.3 Å². The molecule has 0 aliphatic heterocycles. The Bertz CT molecular complexity index is 396. The van der Waals surface area contributed by atoms with Crippen molar-refractivity contribution in [3.63, 3.8) is 0 Å². The molecule has 0 saturated carbocycles. The monoisotopic (exact) mass is 209 g/mol. The summed E-state index contributed by atoms with van der Waals surface area (Å²) in [5.74, 6) is 1.29. The van der Waals surface area contributed by atoms with Gasteiger partial charge >= 0.3 is 0 Å². The highest BCUT2D eigenvalue weighted by molar-refractivity contribution is 7.13. The van der Waals surface area contributed by atoms with Crippen molar-refractivity contribution in [3.05, 3.63) is 23.4 Å². The van der Waals surface area contributed by atoms with Crippen molar-refractivity contribution in [1.82, 2.24) is 15.5 Å². The lowest BCUT2D eigenvalue weighted by atomic mass is 10.3. The molecule has 2 aromatic heterocycles. The molecule has 0 aliphatic carbocycles. The Morgan fingerprint density at radius 3 is 3.07 bits per heavy atom. The van der Waals surface area contributed by atoms with Gasteiger partial charge in [-0.15, -0.1) is 11.3 Å². The molecular formula is C9H11N3OS. The molecule has 0 spiro atoms. The van der Waals surface area contributed by atoms with Gasteiger partial charge in [0.05, 0.1) is 10.9 Å². The number of nitrogens with zero attached hydrogens (tertiary/aromatic N) is 2. The minimum atomic E-state index is 0.0937. The second-order valence-corrected chi connectivity index (χ2v) is 3.89. The third kappa shape index (κ3) is 1.69. The maximum atomic E-state index is 5.12.